The molecule has 1 aromatic carbocycles. The van der Waals surface area contributed by atoms with Gasteiger partial charge in [-0.25, -0.2) is 9.78 Å². The lowest BCUT2D eigenvalue weighted by molar-refractivity contribution is -0.148. The zero-order chi connectivity index (χ0) is 25.1. The van der Waals surface area contributed by atoms with Crippen LogP contribution in [0.2, 0.25) is 0 Å². The Balaban J connectivity index is 2.03. The Morgan fingerprint density at radius 2 is 1.71 bits per heavy atom. The summed E-state index contributed by atoms with van der Waals surface area (Å²) in [7, 11) is 0. The van der Waals surface area contributed by atoms with Crippen molar-refractivity contribution in [1.29, 1.82) is 0 Å². The van der Waals surface area contributed by atoms with Gasteiger partial charge in [-0.1, -0.05) is 18.2 Å². The fraction of sp³-hybridized carbons (Fsp3) is 0.375. The molecule has 1 atom stereocenters. The molecular formula is C24H29N3O7. The zero-order valence-corrected chi connectivity index (χ0v) is 20.0. The van der Waals surface area contributed by atoms with Gasteiger partial charge in [-0.3, -0.25) is 9.63 Å². The van der Waals surface area contributed by atoms with E-state index in [0.717, 1.165) is 0 Å². The highest BCUT2D eigenvalue weighted by Gasteiger charge is 2.23. The highest BCUT2D eigenvalue weighted by Crippen LogP contribution is 2.25. The predicted octanol–water partition coefficient (Wildman–Crippen LogP) is 4.06. The van der Waals surface area contributed by atoms with Gasteiger partial charge in [0.05, 0.1) is 11.8 Å². The van der Waals surface area contributed by atoms with Gasteiger partial charge in [-0.2, -0.15) is 0 Å². The average Bonchev–Trinajstić information content (AvgIpc) is 2.69. The fourth-order valence-electron chi connectivity index (χ4n) is 2.86. The Kier molecular flexibility index (Phi) is 7.13. The summed E-state index contributed by atoms with van der Waals surface area (Å²) in [5.74, 6) is 0.980. The minimum Gasteiger partial charge on any atom is -0.456 e. The first kappa shape index (κ1) is 25.0. The number of rotatable bonds is 6. The molecule has 0 spiro atoms. The van der Waals surface area contributed by atoms with Crippen molar-refractivity contribution in [3.05, 3.63) is 59.0 Å². The Morgan fingerprint density at radius 3 is 2.32 bits per heavy atom. The van der Waals surface area contributed by atoms with Crippen LogP contribution in [-0.2, 0) is 9.47 Å². The number of hydrogen-bond donors (Lipinski definition) is 2. The van der Waals surface area contributed by atoms with Gasteiger partial charge >= 0.3 is 11.7 Å². The minimum atomic E-state index is -1.50. The lowest BCUT2D eigenvalue weighted by atomic mass is 10.2. The van der Waals surface area contributed by atoms with Crippen LogP contribution in [-0.4, -0.2) is 38.6 Å². The third-order valence-corrected chi connectivity index (χ3v) is 4.06. The predicted molar refractivity (Wildman–Crippen MR) is 126 cm³/mol. The number of para-hydroxylation sites is 1. The lowest BCUT2D eigenvalue weighted by Crippen LogP contribution is -2.38. The van der Waals surface area contributed by atoms with Crippen molar-refractivity contribution in [1.82, 2.24) is 9.71 Å². The Labute approximate surface area is 197 Å². The Bertz CT molecular complexity index is 1210. The number of aromatic nitrogens is 2. The first-order valence-electron chi connectivity index (χ1n) is 10.6. The van der Waals surface area contributed by atoms with Crippen molar-refractivity contribution in [2.75, 3.05) is 5.32 Å². The molecule has 3 aromatic rings. The number of benzene rings is 1. The molecule has 34 heavy (non-hydrogen) atoms. The molecule has 0 aliphatic rings. The van der Waals surface area contributed by atoms with Crippen LogP contribution in [0, 0.1) is 0 Å². The van der Waals surface area contributed by atoms with Crippen molar-refractivity contribution in [2.45, 2.75) is 59.2 Å². The summed E-state index contributed by atoms with van der Waals surface area (Å²) in [5.41, 5.74) is -2.35. The van der Waals surface area contributed by atoms with Crippen LogP contribution in [0.15, 0.2) is 53.5 Å². The quantitative estimate of drug-likeness (QED) is 0.405. The third kappa shape index (κ3) is 6.93. The zero-order valence-electron chi connectivity index (χ0n) is 20.0. The number of carbonyl (C=O) groups excluding carboxylic acids is 1. The molecule has 2 aromatic heterocycles. The fourth-order valence-corrected chi connectivity index (χ4v) is 2.86. The normalized spacial score (nSPS) is 12.8. The van der Waals surface area contributed by atoms with E-state index in [-0.39, 0.29) is 11.3 Å². The van der Waals surface area contributed by atoms with Gasteiger partial charge in [0.2, 0.25) is 6.41 Å². The molecule has 0 aliphatic carbocycles. The van der Waals surface area contributed by atoms with Crippen LogP contribution in [0.3, 0.4) is 0 Å². The number of aliphatic hydroxyl groups is 1. The number of nitrogens with one attached hydrogen (secondary N) is 1. The van der Waals surface area contributed by atoms with E-state index < -0.39 is 29.3 Å². The highest BCUT2D eigenvalue weighted by atomic mass is 16.8. The molecule has 3 rings (SSSR count). The number of aliphatic hydroxyl groups excluding tert-OH is 1. The second-order valence-electron chi connectivity index (χ2n) is 9.44. The number of anilines is 1. The molecule has 1 unspecified atom stereocenters. The first-order chi connectivity index (χ1) is 15.8. The summed E-state index contributed by atoms with van der Waals surface area (Å²) in [6, 6.07) is 12.1. The van der Waals surface area contributed by atoms with Crippen LogP contribution in [0.5, 0.6) is 11.5 Å². The van der Waals surface area contributed by atoms with Gasteiger partial charge in [0.25, 0.3) is 0 Å². The van der Waals surface area contributed by atoms with E-state index in [1.165, 1.54) is 12.3 Å². The monoisotopic (exact) mass is 471 g/mol. The maximum absolute atomic E-state index is 13.1. The molecule has 0 aliphatic heterocycles. The molecule has 10 nitrogen and oxygen atoms in total. The van der Waals surface area contributed by atoms with Crippen molar-refractivity contribution < 1.29 is 28.9 Å². The van der Waals surface area contributed by atoms with Gasteiger partial charge in [-0.15, -0.1) is 4.73 Å². The Hall–Kier alpha value is -3.63. The molecule has 0 amide bonds. The van der Waals surface area contributed by atoms with Crippen molar-refractivity contribution in [3.63, 3.8) is 0 Å². The van der Waals surface area contributed by atoms with Crippen LogP contribution in [0.25, 0.3) is 11.0 Å². The number of hydrogen-bond acceptors (Lipinski definition) is 9. The molecular weight excluding hydrogens is 442 g/mol. The van der Waals surface area contributed by atoms with Crippen LogP contribution in [0.4, 0.5) is 10.5 Å². The topological polar surface area (TPSA) is 121 Å². The summed E-state index contributed by atoms with van der Waals surface area (Å²) in [4.78, 5) is 34.8. The summed E-state index contributed by atoms with van der Waals surface area (Å²) in [6.45, 7) is 10.2. The highest BCUT2D eigenvalue weighted by molar-refractivity contribution is 5.80. The molecule has 0 bridgehead atoms. The summed E-state index contributed by atoms with van der Waals surface area (Å²) in [6.07, 6.45) is -1.20. The molecule has 2 heterocycles. The molecule has 0 saturated heterocycles. The van der Waals surface area contributed by atoms with E-state index in [0.29, 0.717) is 21.6 Å². The lowest BCUT2D eigenvalue weighted by Gasteiger charge is -2.25. The van der Waals surface area contributed by atoms with E-state index in [4.69, 9.17) is 19.0 Å². The second-order valence-corrected chi connectivity index (χ2v) is 9.44. The maximum Gasteiger partial charge on any atom is 0.534 e. The molecule has 0 radical (unpaired) electrons. The van der Waals surface area contributed by atoms with Crippen molar-refractivity contribution in [2.24, 2.45) is 0 Å². The largest absolute Gasteiger partial charge is 0.534 e. The van der Waals surface area contributed by atoms with Crippen LogP contribution >= 0.6 is 0 Å². The average molecular weight is 472 g/mol. The summed E-state index contributed by atoms with van der Waals surface area (Å²) in [5, 5.41) is 13.2. The smallest absolute Gasteiger partial charge is 0.456 e. The van der Waals surface area contributed by atoms with Gasteiger partial charge in [0.1, 0.15) is 22.8 Å². The maximum atomic E-state index is 13.1. The standard InChI is InChI=1S/C24H29N3O7/c1-23(2,3)32-21(29)26-18-13-15-12-17(31-16-10-8-7-9-11-16)14-25-19(15)27(20(18)28)34-22(30)33-24(4,5)6/h7-14,21,26,29H,1-6H3. The van der Waals surface area contributed by atoms with Crippen LogP contribution < -0.4 is 20.5 Å². The molecule has 0 saturated carbocycles. The van der Waals surface area contributed by atoms with Gasteiger partial charge in [0, 0.05) is 5.39 Å². The number of fused-ring (bicyclic) bond motifs is 1. The van der Waals surface area contributed by atoms with E-state index in [9.17, 15) is 14.7 Å². The molecule has 0 fully saturated rings. The third-order valence-electron chi connectivity index (χ3n) is 4.06. The van der Waals surface area contributed by atoms with E-state index >= 15 is 0 Å². The molecule has 182 valence electrons. The summed E-state index contributed by atoms with van der Waals surface area (Å²) >= 11 is 0. The van der Waals surface area contributed by atoms with Gasteiger partial charge in [-0.05, 0) is 65.8 Å². The molecule has 2 N–H and O–H groups in total. The van der Waals surface area contributed by atoms with E-state index in [1.807, 2.05) is 18.2 Å². The number of ether oxygens (including phenoxy) is 3. The minimum absolute atomic E-state index is 0.0491. The van der Waals surface area contributed by atoms with Gasteiger partial charge in [0.15, 0.2) is 5.65 Å². The number of pyridine rings is 2. The number of carbonyl (C=O) groups is 1. The van der Waals surface area contributed by atoms with Crippen LogP contribution in [0.1, 0.15) is 41.5 Å². The SMILES string of the molecule is CC(C)(C)OC(=O)On1c(=O)c(NC(O)OC(C)(C)C)cc2cc(Oc3ccccc3)cnc21. The summed E-state index contributed by atoms with van der Waals surface area (Å²) < 4.78 is 17.1. The Morgan fingerprint density at radius 1 is 1.03 bits per heavy atom. The second kappa shape index (κ2) is 9.70. The first-order valence-corrected chi connectivity index (χ1v) is 10.6. The molecule has 10 heteroatoms. The van der Waals surface area contributed by atoms with E-state index in [2.05, 4.69) is 10.3 Å². The van der Waals surface area contributed by atoms with Crippen molar-refractivity contribution in [3.8, 4) is 11.5 Å². The van der Waals surface area contributed by atoms with Crippen molar-refractivity contribution >= 4 is 22.9 Å². The van der Waals surface area contributed by atoms with E-state index in [1.54, 1.807) is 59.7 Å². The number of nitrogens with zero attached hydrogens (tertiary/aromatic N) is 2. The van der Waals surface area contributed by atoms with Gasteiger partial charge < -0.3 is 24.6 Å².